The van der Waals surface area contributed by atoms with Gasteiger partial charge in [-0.1, -0.05) is 6.07 Å². The molecule has 0 spiro atoms. The normalized spacial score (nSPS) is 9.77. The second kappa shape index (κ2) is 3.95. The van der Waals surface area contributed by atoms with Gasteiger partial charge < -0.3 is 10.5 Å². The average molecular weight is 291 g/mol. The van der Waals surface area contributed by atoms with Crippen LogP contribution in [0.25, 0.3) is 0 Å². The van der Waals surface area contributed by atoms with Gasteiger partial charge in [-0.25, -0.2) is 4.79 Å². The molecule has 0 unspecified atom stereocenters. The third-order valence-corrected chi connectivity index (χ3v) is 2.70. The Kier molecular flexibility index (Phi) is 3.13. The number of hydrogen-bond donors (Lipinski definition) is 1. The van der Waals surface area contributed by atoms with Gasteiger partial charge in [0, 0.05) is 3.57 Å². The van der Waals surface area contributed by atoms with Gasteiger partial charge in [0.2, 0.25) is 0 Å². The Hall–Kier alpha value is -0.780. The Morgan fingerprint density at radius 3 is 2.69 bits per heavy atom. The van der Waals surface area contributed by atoms with E-state index in [1.54, 1.807) is 0 Å². The van der Waals surface area contributed by atoms with Crippen molar-refractivity contribution in [3.63, 3.8) is 0 Å². The van der Waals surface area contributed by atoms with Crippen LogP contribution in [0.15, 0.2) is 12.1 Å². The Bertz CT molecular complexity index is 350. The highest BCUT2D eigenvalue weighted by Gasteiger charge is 2.15. The van der Waals surface area contributed by atoms with Crippen molar-refractivity contribution in [1.82, 2.24) is 0 Å². The fraction of sp³-hybridized carbons (Fsp3) is 0.222. The zero-order chi connectivity index (χ0) is 10.0. The molecule has 0 aromatic heterocycles. The second-order valence-corrected chi connectivity index (χ2v) is 3.81. The minimum Gasteiger partial charge on any atom is -0.465 e. The van der Waals surface area contributed by atoms with Gasteiger partial charge >= 0.3 is 5.97 Å². The monoisotopic (exact) mass is 291 g/mol. The van der Waals surface area contributed by atoms with Gasteiger partial charge in [-0.15, -0.1) is 0 Å². The number of rotatable bonds is 1. The fourth-order valence-electron chi connectivity index (χ4n) is 1.01. The third-order valence-electron chi connectivity index (χ3n) is 1.80. The van der Waals surface area contributed by atoms with E-state index in [1.165, 1.54) is 7.11 Å². The number of anilines is 1. The van der Waals surface area contributed by atoms with Crippen molar-refractivity contribution in [3.8, 4) is 0 Å². The van der Waals surface area contributed by atoms with Gasteiger partial charge in [0.1, 0.15) is 0 Å². The van der Waals surface area contributed by atoms with E-state index < -0.39 is 0 Å². The number of carbonyl (C=O) groups excluding carboxylic acids is 1. The Labute approximate surface area is 90.4 Å². The number of ether oxygens (including phenoxy) is 1. The number of nitrogen functional groups attached to an aromatic ring is 1. The van der Waals surface area contributed by atoms with Crippen molar-refractivity contribution in [2.24, 2.45) is 0 Å². The number of hydrogen-bond acceptors (Lipinski definition) is 3. The maximum Gasteiger partial charge on any atom is 0.341 e. The molecular weight excluding hydrogens is 281 g/mol. The topological polar surface area (TPSA) is 52.3 Å². The summed E-state index contributed by atoms with van der Waals surface area (Å²) in [5.74, 6) is -0.384. The molecular formula is C9H10INO2. The number of methoxy groups -OCH3 is 1. The molecule has 0 amide bonds. The molecule has 2 N–H and O–H groups in total. The van der Waals surface area contributed by atoms with Crippen molar-refractivity contribution in [2.75, 3.05) is 12.8 Å². The number of nitrogens with two attached hydrogens (primary N) is 1. The first-order valence-electron chi connectivity index (χ1n) is 3.70. The van der Waals surface area contributed by atoms with Gasteiger partial charge in [-0.3, -0.25) is 0 Å². The molecule has 0 radical (unpaired) electrons. The summed E-state index contributed by atoms with van der Waals surface area (Å²) in [6, 6.07) is 3.72. The van der Waals surface area contributed by atoms with E-state index in [1.807, 2.05) is 19.1 Å². The van der Waals surface area contributed by atoms with Crippen LogP contribution in [0.1, 0.15) is 15.9 Å². The van der Waals surface area contributed by atoms with Gasteiger partial charge in [-0.2, -0.15) is 0 Å². The van der Waals surface area contributed by atoms with E-state index in [-0.39, 0.29) is 5.97 Å². The quantitative estimate of drug-likeness (QED) is 0.489. The first-order chi connectivity index (χ1) is 6.07. The van der Waals surface area contributed by atoms with E-state index in [2.05, 4.69) is 27.3 Å². The van der Waals surface area contributed by atoms with Gasteiger partial charge in [-0.05, 0) is 41.1 Å². The lowest BCUT2D eigenvalue weighted by molar-refractivity contribution is 0.0600. The van der Waals surface area contributed by atoms with Crippen LogP contribution >= 0.6 is 22.6 Å². The fourth-order valence-corrected chi connectivity index (χ4v) is 1.70. The summed E-state index contributed by atoms with van der Waals surface area (Å²) in [6.45, 7) is 1.86. The zero-order valence-electron chi connectivity index (χ0n) is 7.43. The highest BCUT2D eigenvalue weighted by Crippen LogP contribution is 2.23. The number of halogens is 1. The van der Waals surface area contributed by atoms with Crippen LogP contribution in [0.5, 0.6) is 0 Å². The maximum absolute atomic E-state index is 11.3. The van der Waals surface area contributed by atoms with Crippen molar-refractivity contribution in [2.45, 2.75) is 6.92 Å². The first-order valence-corrected chi connectivity index (χ1v) is 4.78. The van der Waals surface area contributed by atoms with E-state index in [9.17, 15) is 4.79 Å². The van der Waals surface area contributed by atoms with Gasteiger partial charge in [0.15, 0.2) is 0 Å². The lowest BCUT2D eigenvalue weighted by atomic mass is 10.1. The molecule has 1 aromatic rings. The van der Waals surface area contributed by atoms with E-state index in [0.717, 1.165) is 9.13 Å². The highest BCUT2D eigenvalue weighted by molar-refractivity contribution is 14.1. The minimum absolute atomic E-state index is 0.384. The molecule has 4 heteroatoms. The van der Waals surface area contributed by atoms with Crippen LogP contribution in [-0.4, -0.2) is 13.1 Å². The number of benzene rings is 1. The molecule has 0 saturated heterocycles. The van der Waals surface area contributed by atoms with Crippen molar-refractivity contribution in [3.05, 3.63) is 26.8 Å². The number of aryl methyl sites for hydroxylation is 1. The summed E-state index contributed by atoms with van der Waals surface area (Å²) in [5, 5.41) is 0. The largest absolute Gasteiger partial charge is 0.465 e. The Morgan fingerprint density at radius 2 is 2.15 bits per heavy atom. The molecule has 0 aliphatic heterocycles. The molecule has 0 saturated carbocycles. The van der Waals surface area contributed by atoms with Crippen LogP contribution in [0.4, 0.5) is 5.69 Å². The number of carbonyl (C=O) groups is 1. The maximum atomic E-state index is 11.3. The third kappa shape index (κ3) is 1.93. The SMILES string of the molecule is COC(=O)c1c(I)ccc(C)c1N. The smallest absolute Gasteiger partial charge is 0.341 e. The van der Waals surface area contributed by atoms with E-state index >= 15 is 0 Å². The molecule has 0 fully saturated rings. The summed E-state index contributed by atoms with van der Waals surface area (Å²) in [5.41, 5.74) is 7.60. The molecule has 0 bridgehead atoms. The summed E-state index contributed by atoms with van der Waals surface area (Å²) >= 11 is 2.06. The lowest BCUT2D eigenvalue weighted by Gasteiger charge is -2.08. The molecule has 1 aromatic carbocycles. The molecule has 1 rings (SSSR count). The van der Waals surface area contributed by atoms with Crippen molar-refractivity contribution < 1.29 is 9.53 Å². The summed E-state index contributed by atoms with van der Waals surface area (Å²) < 4.78 is 5.44. The van der Waals surface area contributed by atoms with E-state index in [4.69, 9.17) is 5.73 Å². The lowest BCUT2D eigenvalue weighted by Crippen LogP contribution is -2.09. The molecule has 0 heterocycles. The summed E-state index contributed by atoms with van der Waals surface area (Å²) in [7, 11) is 1.35. The van der Waals surface area contributed by atoms with Gasteiger partial charge in [0.05, 0.1) is 18.4 Å². The minimum atomic E-state index is -0.384. The highest BCUT2D eigenvalue weighted by atomic mass is 127. The van der Waals surface area contributed by atoms with Crippen LogP contribution in [0.2, 0.25) is 0 Å². The average Bonchev–Trinajstić information content (AvgIpc) is 2.12. The molecule has 0 aliphatic rings. The Balaban J connectivity index is 3.33. The zero-order valence-corrected chi connectivity index (χ0v) is 9.58. The summed E-state index contributed by atoms with van der Waals surface area (Å²) in [4.78, 5) is 11.3. The Morgan fingerprint density at radius 1 is 1.54 bits per heavy atom. The molecule has 0 aliphatic carbocycles. The molecule has 0 atom stereocenters. The van der Waals surface area contributed by atoms with Crippen LogP contribution in [-0.2, 0) is 4.74 Å². The second-order valence-electron chi connectivity index (χ2n) is 2.64. The van der Waals surface area contributed by atoms with Crippen LogP contribution in [0, 0.1) is 10.5 Å². The number of esters is 1. The van der Waals surface area contributed by atoms with Crippen molar-refractivity contribution in [1.29, 1.82) is 0 Å². The predicted molar refractivity (Wildman–Crippen MR) is 59.6 cm³/mol. The van der Waals surface area contributed by atoms with Crippen LogP contribution < -0.4 is 5.73 Å². The summed E-state index contributed by atoms with van der Waals surface area (Å²) in [6.07, 6.45) is 0. The predicted octanol–water partition coefficient (Wildman–Crippen LogP) is 1.97. The molecule has 13 heavy (non-hydrogen) atoms. The first kappa shape index (κ1) is 10.3. The van der Waals surface area contributed by atoms with E-state index in [0.29, 0.717) is 11.3 Å². The standard InChI is InChI=1S/C9H10INO2/c1-5-3-4-6(10)7(8(5)11)9(12)13-2/h3-4H,11H2,1-2H3. The van der Waals surface area contributed by atoms with Gasteiger partial charge in [0.25, 0.3) is 0 Å². The van der Waals surface area contributed by atoms with Crippen molar-refractivity contribution >= 4 is 34.2 Å². The molecule has 3 nitrogen and oxygen atoms in total. The molecule has 70 valence electrons. The van der Waals surface area contributed by atoms with Crippen LogP contribution in [0.3, 0.4) is 0 Å².